The Morgan fingerprint density at radius 2 is 1.91 bits per heavy atom. The molecule has 1 fully saturated rings. The van der Waals surface area contributed by atoms with Crippen molar-refractivity contribution in [3.05, 3.63) is 64.8 Å². The second-order valence-corrected chi connectivity index (χ2v) is 10.1. The summed E-state index contributed by atoms with van der Waals surface area (Å²) in [5.41, 5.74) is 6.87. The van der Waals surface area contributed by atoms with E-state index in [4.69, 9.17) is 4.74 Å². The van der Waals surface area contributed by atoms with Gasteiger partial charge in [0.1, 0.15) is 5.75 Å². The van der Waals surface area contributed by atoms with Gasteiger partial charge in [0.15, 0.2) is 0 Å². The predicted molar refractivity (Wildman–Crippen MR) is 141 cm³/mol. The molecule has 2 heterocycles. The number of methoxy groups -OCH3 is 1. The summed E-state index contributed by atoms with van der Waals surface area (Å²) in [6.07, 6.45) is 4.06. The molecule has 5 rings (SSSR count). The maximum atomic E-state index is 12.7. The normalized spacial score (nSPS) is 21.5. The Hall–Kier alpha value is -2.99. The molecule has 1 aliphatic carbocycles. The van der Waals surface area contributed by atoms with E-state index in [1.807, 2.05) is 30.9 Å². The van der Waals surface area contributed by atoms with E-state index in [9.17, 15) is 4.79 Å². The molecule has 1 aromatic heterocycles. The van der Waals surface area contributed by atoms with Gasteiger partial charge in [-0.2, -0.15) is 0 Å². The van der Waals surface area contributed by atoms with Crippen LogP contribution in [0.5, 0.6) is 5.75 Å². The van der Waals surface area contributed by atoms with Gasteiger partial charge in [-0.25, -0.2) is 4.79 Å². The molecule has 1 unspecified atom stereocenters. The van der Waals surface area contributed by atoms with E-state index in [-0.39, 0.29) is 12.1 Å². The molecular formula is C29H38N4O2. The molecule has 2 aliphatic rings. The molecule has 0 spiro atoms. The Morgan fingerprint density at radius 3 is 2.63 bits per heavy atom. The third kappa shape index (κ3) is 4.52. The maximum absolute atomic E-state index is 12.7. The number of amides is 2. The topological polar surface area (TPSA) is 60.6 Å². The van der Waals surface area contributed by atoms with Gasteiger partial charge in [-0.1, -0.05) is 24.3 Å². The van der Waals surface area contributed by atoms with Crippen molar-refractivity contribution < 1.29 is 9.53 Å². The minimum atomic E-state index is 0.0593. The largest absolute Gasteiger partial charge is 0.497 e. The third-order valence-corrected chi connectivity index (χ3v) is 8.14. The standard InChI is InChI=1S/C29H38N4O2/c1-5-33(6-2)29(34)30-20-16-23-22-8-7-9-26-28(22)24(17-27(23)32(3)18-20)25(31-26)15-12-19-10-13-21(35-4)14-11-19/h7-11,13-14,20,23,27,31H,5-6,12,15-18H2,1-4H3,(H,30,34)/t20-,23?,27+/m0/s1. The summed E-state index contributed by atoms with van der Waals surface area (Å²) >= 11 is 0. The minimum Gasteiger partial charge on any atom is -0.497 e. The number of aryl methyl sites for hydroxylation is 2. The van der Waals surface area contributed by atoms with Gasteiger partial charge in [0.05, 0.1) is 7.11 Å². The molecule has 0 saturated carbocycles. The molecule has 0 bridgehead atoms. The number of ether oxygens (including phenoxy) is 1. The first-order chi connectivity index (χ1) is 17.0. The van der Waals surface area contributed by atoms with Gasteiger partial charge in [0, 0.05) is 54.2 Å². The number of aromatic nitrogens is 1. The summed E-state index contributed by atoms with van der Waals surface area (Å²) < 4.78 is 5.30. The number of carbonyl (C=O) groups excluding carboxylic acids is 1. The van der Waals surface area contributed by atoms with E-state index in [1.54, 1.807) is 7.11 Å². The third-order valence-electron chi connectivity index (χ3n) is 8.14. The first-order valence-electron chi connectivity index (χ1n) is 13.0. The van der Waals surface area contributed by atoms with Crippen LogP contribution in [0.3, 0.4) is 0 Å². The highest BCUT2D eigenvalue weighted by atomic mass is 16.5. The number of piperidine rings is 1. The highest BCUT2D eigenvalue weighted by molar-refractivity contribution is 5.89. The highest BCUT2D eigenvalue weighted by Crippen LogP contribution is 2.44. The van der Waals surface area contributed by atoms with Crippen LogP contribution in [0.2, 0.25) is 0 Å². The monoisotopic (exact) mass is 474 g/mol. The molecule has 6 nitrogen and oxygen atoms in total. The van der Waals surface area contributed by atoms with Gasteiger partial charge in [-0.3, -0.25) is 0 Å². The van der Waals surface area contributed by atoms with Crippen molar-refractivity contribution in [2.45, 2.75) is 57.5 Å². The van der Waals surface area contributed by atoms with Crippen LogP contribution in [0.15, 0.2) is 42.5 Å². The average Bonchev–Trinajstić information content (AvgIpc) is 3.23. The second-order valence-electron chi connectivity index (χ2n) is 10.1. The number of nitrogens with zero attached hydrogens (tertiary/aromatic N) is 2. The Labute approximate surface area is 208 Å². The number of rotatable bonds is 7. The zero-order chi connectivity index (χ0) is 24.5. The highest BCUT2D eigenvalue weighted by Gasteiger charge is 2.40. The van der Waals surface area contributed by atoms with Gasteiger partial charge < -0.3 is 24.8 Å². The van der Waals surface area contributed by atoms with Crippen molar-refractivity contribution in [2.75, 3.05) is 33.8 Å². The first kappa shape index (κ1) is 23.7. The number of nitrogens with one attached hydrogen (secondary N) is 2. The smallest absolute Gasteiger partial charge is 0.317 e. The number of benzene rings is 2. The number of likely N-dealkylation sites (N-methyl/N-ethyl adjacent to an activating group) is 1. The van der Waals surface area contributed by atoms with Crippen LogP contribution < -0.4 is 10.1 Å². The van der Waals surface area contributed by atoms with Crippen molar-refractivity contribution in [1.82, 2.24) is 20.1 Å². The van der Waals surface area contributed by atoms with Gasteiger partial charge in [0.2, 0.25) is 0 Å². The Kier molecular flexibility index (Phi) is 6.74. The molecule has 6 heteroatoms. The average molecular weight is 475 g/mol. The summed E-state index contributed by atoms with van der Waals surface area (Å²) in [5.74, 6) is 1.33. The van der Waals surface area contributed by atoms with Crippen LogP contribution in [0.25, 0.3) is 10.9 Å². The van der Waals surface area contributed by atoms with Crippen LogP contribution in [0, 0.1) is 0 Å². The quantitative estimate of drug-likeness (QED) is 0.521. The number of hydrogen-bond donors (Lipinski definition) is 2. The Balaban J connectivity index is 1.39. The molecule has 2 N–H and O–H groups in total. The number of H-pyrrole nitrogens is 1. The van der Waals surface area contributed by atoms with Gasteiger partial charge >= 0.3 is 6.03 Å². The van der Waals surface area contributed by atoms with E-state index >= 15 is 0 Å². The molecule has 35 heavy (non-hydrogen) atoms. The van der Waals surface area contributed by atoms with Crippen molar-refractivity contribution >= 4 is 16.9 Å². The number of fused-ring (bicyclic) bond motifs is 2. The maximum Gasteiger partial charge on any atom is 0.317 e. The molecule has 186 valence electrons. The van der Waals surface area contributed by atoms with E-state index in [0.29, 0.717) is 12.0 Å². The fourth-order valence-electron chi connectivity index (χ4n) is 6.26. The number of aromatic amines is 1. The van der Waals surface area contributed by atoms with Crippen molar-refractivity contribution in [3.8, 4) is 5.75 Å². The van der Waals surface area contributed by atoms with Crippen LogP contribution in [-0.2, 0) is 19.3 Å². The van der Waals surface area contributed by atoms with Crippen molar-refractivity contribution in [3.63, 3.8) is 0 Å². The number of urea groups is 1. The summed E-state index contributed by atoms with van der Waals surface area (Å²) in [6.45, 7) is 6.44. The van der Waals surface area contributed by atoms with Gasteiger partial charge in [0.25, 0.3) is 0 Å². The summed E-state index contributed by atoms with van der Waals surface area (Å²) in [6, 6.07) is 15.8. The van der Waals surface area contributed by atoms with Crippen LogP contribution in [0.1, 0.15) is 48.6 Å². The Morgan fingerprint density at radius 1 is 1.14 bits per heavy atom. The number of hydrogen-bond acceptors (Lipinski definition) is 3. The molecule has 1 saturated heterocycles. The summed E-state index contributed by atoms with van der Waals surface area (Å²) in [5, 5.41) is 4.74. The molecular weight excluding hydrogens is 436 g/mol. The first-order valence-corrected chi connectivity index (χ1v) is 13.0. The lowest BCUT2D eigenvalue weighted by Gasteiger charge is -2.46. The fourth-order valence-corrected chi connectivity index (χ4v) is 6.26. The van der Waals surface area contributed by atoms with Crippen LogP contribution in [-0.4, -0.2) is 66.7 Å². The second kappa shape index (κ2) is 9.94. The molecule has 3 aromatic rings. The zero-order valence-electron chi connectivity index (χ0n) is 21.4. The molecule has 1 aliphatic heterocycles. The number of carbonyl (C=O) groups is 1. The van der Waals surface area contributed by atoms with E-state index in [0.717, 1.165) is 51.1 Å². The molecule has 3 atom stereocenters. The van der Waals surface area contributed by atoms with Crippen molar-refractivity contribution in [2.24, 2.45) is 0 Å². The summed E-state index contributed by atoms with van der Waals surface area (Å²) in [7, 11) is 3.93. The summed E-state index contributed by atoms with van der Waals surface area (Å²) in [4.78, 5) is 20.9. The van der Waals surface area contributed by atoms with Gasteiger partial charge in [-0.15, -0.1) is 0 Å². The lowest BCUT2D eigenvalue weighted by atomic mass is 9.73. The lowest BCUT2D eigenvalue weighted by molar-refractivity contribution is 0.124. The SMILES string of the molecule is CCN(CC)C(=O)N[C@H]1CC2c3cccc4[nH]c(CCc5ccc(OC)cc5)c(c34)C[C@H]2N(C)C1. The Bertz CT molecular complexity index is 1180. The predicted octanol–water partition coefficient (Wildman–Crippen LogP) is 4.73. The molecule has 2 aromatic carbocycles. The van der Waals surface area contributed by atoms with Crippen LogP contribution in [0.4, 0.5) is 4.79 Å². The van der Waals surface area contributed by atoms with E-state index in [1.165, 1.54) is 33.3 Å². The molecule has 2 amide bonds. The van der Waals surface area contributed by atoms with Gasteiger partial charge in [-0.05, 0) is 81.5 Å². The lowest BCUT2D eigenvalue weighted by Crippen LogP contribution is -2.56. The number of likely N-dealkylation sites (tertiary alicyclic amines) is 1. The van der Waals surface area contributed by atoms with Crippen molar-refractivity contribution in [1.29, 1.82) is 0 Å². The van der Waals surface area contributed by atoms with E-state index in [2.05, 4.69) is 52.6 Å². The fraction of sp³-hybridized carbons (Fsp3) is 0.483. The minimum absolute atomic E-state index is 0.0593. The van der Waals surface area contributed by atoms with Crippen LogP contribution >= 0.6 is 0 Å². The zero-order valence-corrected chi connectivity index (χ0v) is 21.4. The van der Waals surface area contributed by atoms with E-state index < -0.39 is 0 Å². The molecule has 0 radical (unpaired) electrons.